The van der Waals surface area contributed by atoms with E-state index in [0.29, 0.717) is 11.1 Å². The van der Waals surface area contributed by atoms with Gasteiger partial charge in [0.1, 0.15) is 0 Å². The van der Waals surface area contributed by atoms with E-state index in [0.717, 1.165) is 0 Å². The van der Waals surface area contributed by atoms with Crippen LogP contribution < -0.4 is 5.32 Å². The molecule has 0 bridgehead atoms. The lowest BCUT2D eigenvalue weighted by atomic mass is 10.0. The van der Waals surface area contributed by atoms with Crippen molar-refractivity contribution >= 4 is 5.91 Å². The minimum absolute atomic E-state index is 0.149. The maximum atomic E-state index is 12.0. The quantitative estimate of drug-likeness (QED) is 0.804. The molecule has 3 heteroatoms. The van der Waals surface area contributed by atoms with Gasteiger partial charge in [0.05, 0.1) is 6.10 Å². The van der Waals surface area contributed by atoms with Crippen molar-refractivity contribution in [2.45, 2.75) is 39.3 Å². The molecule has 0 aliphatic heterocycles. The zero-order valence-electron chi connectivity index (χ0n) is 10.2. The molecule has 1 amide bonds. The number of rotatable bonds is 2. The zero-order valence-corrected chi connectivity index (χ0v) is 10.2. The normalized spacial score (nSPS) is 13.3. The molecule has 1 aromatic rings. The molecule has 0 fully saturated rings. The van der Waals surface area contributed by atoms with Gasteiger partial charge in [-0.15, -0.1) is 0 Å². The van der Waals surface area contributed by atoms with Gasteiger partial charge < -0.3 is 10.4 Å². The summed E-state index contributed by atoms with van der Waals surface area (Å²) in [6, 6.07) is 7.10. The fraction of sp³-hybridized carbons (Fsp3) is 0.462. The first-order chi connectivity index (χ1) is 7.31. The molecule has 1 aromatic carbocycles. The molecule has 16 heavy (non-hydrogen) atoms. The monoisotopic (exact) mass is 221 g/mol. The molecule has 1 rings (SSSR count). The molecule has 1 atom stereocenters. The van der Waals surface area contributed by atoms with Crippen LogP contribution in [0.2, 0.25) is 0 Å². The minimum atomic E-state index is -0.637. The van der Waals surface area contributed by atoms with Gasteiger partial charge in [-0.3, -0.25) is 4.79 Å². The molecular weight excluding hydrogens is 202 g/mol. The van der Waals surface area contributed by atoms with Gasteiger partial charge in [-0.1, -0.05) is 18.2 Å². The van der Waals surface area contributed by atoms with Gasteiger partial charge in [0.25, 0.3) is 5.91 Å². The summed E-state index contributed by atoms with van der Waals surface area (Å²) in [6.07, 6.45) is -0.637. The number of aliphatic hydroxyl groups is 1. The molecule has 3 nitrogen and oxygen atoms in total. The predicted octanol–water partition coefficient (Wildman–Crippen LogP) is 2.27. The van der Waals surface area contributed by atoms with E-state index in [2.05, 4.69) is 5.32 Å². The molecule has 0 saturated carbocycles. The molecule has 0 aromatic heterocycles. The van der Waals surface area contributed by atoms with Crippen LogP contribution in [0, 0.1) is 0 Å². The average Bonchev–Trinajstić information content (AvgIpc) is 2.15. The number of hydrogen-bond acceptors (Lipinski definition) is 2. The van der Waals surface area contributed by atoms with E-state index in [-0.39, 0.29) is 11.4 Å². The Labute approximate surface area is 96.5 Å². The van der Waals surface area contributed by atoms with Crippen LogP contribution in [-0.2, 0) is 0 Å². The van der Waals surface area contributed by atoms with E-state index < -0.39 is 6.10 Å². The molecule has 0 saturated heterocycles. The highest BCUT2D eigenvalue weighted by molar-refractivity contribution is 5.96. The molecule has 0 heterocycles. The number of nitrogens with one attached hydrogen (secondary N) is 1. The van der Waals surface area contributed by atoms with E-state index in [1.54, 1.807) is 25.1 Å². The maximum Gasteiger partial charge on any atom is 0.252 e. The van der Waals surface area contributed by atoms with Crippen molar-refractivity contribution in [3.05, 3.63) is 35.4 Å². The highest BCUT2D eigenvalue weighted by Gasteiger charge is 2.18. The number of carbonyl (C=O) groups is 1. The molecule has 0 aliphatic rings. The Morgan fingerprint density at radius 3 is 2.38 bits per heavy atom. The van der Waals surface area contributed by atoms with Crippen LogP contribution in [0.15, 0.2) is 24.3 Å². The summed E-state index contributed by atoms with van der Waals surface area (Å²) in [5, 5.41) is 12.5. The van der Waals surface area contributed by atoms with Gasteiger partial charge >= 0.3 is 0 Å². The summed E-state index contributed by atoms with van der Waals surface area (Å²) in [4.78, 5) is 12.0. The van der Waals surface area contributed by atoms with Gasteiger partial charge in [0, 0.05) is 11.1 Å². The Morgan fingerprint density at radius 2 is 1.88 bits per heavy atom. The Balaban J connectivity index is 3.00. The number of amides is 1. The van der Waals surface area contributed by atoms with Gasteiger partial charge in [-0.25, -0.2) is 0 Å². The number of hydrogen-bond donors (Lipinski definition) is 2. The Kier molecular flexibility index (Phi) is 3.70. The molecule has 0 aliphatic carbocycles. The standard InChI is InChI=1S/C13H19NO2/c1-9(15)10-7-5-6-8-11(10)12(16)14-13(2,3)4/h5-9,15H,1-4H3,(H,14,16). The Bertz CT molecular complexity index is 378. The molecular formula is C13H19NO2. The smallest absolute Gasteiger partial charge is 0.252 e. The molecule has 0 radical (unpaired) electrons. The number of benzene rings is 1. The molecule has 88 valence electrons. The van der Waals surface area contributed by atoms with Crippen LogP contribution in [0.5, 0.6) is 0 Å². The first-order valence-corrected chi connectivity index (χ1v) is 5.41. The van der Waals surface area contributed by atoms with Gasteiger partial charge in [-0.2, -0.15) is 0 Å². The lowest BCUT2D eigenvalue weighted by Gasteiger charge is -2.22. The van der Waals surface area contributed by atoms with E-state index >= 15 is 0 Å². The van der Waals surface area contributed by atoms with Crippen molar-refractivity contribution in [3.63, 3.8) is 0 Å². The maximum absolute atomic E-state index is 12.0. The van der Waals surface area contributed by atoms with Gasteiger partial charge in [-0.05, 0) is 39.3 Å². The second-order valence-electron chi connectivity index (χ2n) is 4.97. The summed E-state index contributed by atoms with van der Waals surface area (Å²) >= 11 is 0. The van der Waals surface area contributed by atoms with Crippen molar-refractivity contribution in [2.75, 3.05) is 0 Å². The van der Waals surface area contributed by atoms with E-state index in [1.807, 2.05) is 26.8 Å². The fourth-order valence-electron chi connectivity index (χ4n) is 1.48. The van der Waals surface area contributed by atoms with Crippen LogP contribution in [-0.4, -0.2) is 16.6 Å². The summed E-state index contributed by atoms with van der Waals surface area (Å²) < 4.78 is 0. The molecule has 1 unspecified atom stereocenters. The minimum Gasteiger partial charge on any atom is -0.389 e. The molecule has 2 N–H and O–H groups in total. The first kappa shape index (κ1) is 12.7. The van der Waals surface area contributed by atoms with Crippen molar-refractivity contribution in [1.82, 2.24) is 5.32 Å². The third-order valence-electron chi connectivity index (χ3n) is 2.14. The Hall–Kier alpha value is -1.35. The lowest BCUT2D eigenvalue weighted by molar-refractivity contribution is 0.0913. The summed E-state index contributed by atoms with van der Waals surface area (Å²) in [5.74, 6) is -0.149. The summed E-state index contributed by atoms with van der Waals surface area (Å²) in [7, 11) is 0. The van der Waals surface area contributed by atoms with Gasteiger partial charge in [0.2, 0.25) is 0 Å². The van der Waals surface area contributed by atoms with Crippen molar-refractivity contribution in [3.8, 4) is 0 Å². The van der Waals surface area contributed by atoms with Crippen LogP contribution in [0.3, 0.4) is 0 Å². The Morgan fingerprint density at radius 1 is 1.31 bits per heavy atom. The first-order valence-electron chi connectivity index (χ1n) is 5.41. The second-order valence-corrected chi connectivity index (χ2v) is 4.97. The van der Waals surface area contributed by atoms with Crippen LogP contribution >= 0.6 is 0 Å². The van der Waals surface area contributed by atoms with Gasteiger partial charge in [0.15, 0.2) is 0 Å². The highest BCUT2D eigenvalue weighted by atomic mass is 16.3. The zero-order chi connectivity index (χ0) is 12.3. The summed E-state index contributed by atoms with van der Waals surface area (Å²) in [5.41, 5.74) is 0.916. The van der Waals surface area contributed by atoms with Crippen molar-refractivity contribution < 1.29 is 9.90 Å². The third kappa shape index (κ3) is 3.35. The summed E-state index contributed by atoms with van der Waals surface area (Å²) in [6.45, 7) is 7.44. The van der Waals surface area contributed by atoms with Crippen LogP contribution in [0.4, 0.5) is 0 Å². The number of carbonyl (C=O) groups excluding carboxylic acids is 1. The highest BCUT2D eigenvalue weighted by Crippen LogP contribution is 2.17. The topological polar surface area (TPSA) is 49.3 Å². The lowest BCUT2D eigenvalue weighted by Crippen LogP contribution is -2.41. The predicted molar refractivity (Wildman–Crippen MR) is 64.3 cm³/mol. The van der Waals surface area contributed by atoms with Crippen LogP contribution in [0.1, 0.15) is 49.7 Å². The largest absolute Gasteiger partial charge is 0.389 e. The van der Waals surface area contributed by atoms with Crippen molar-refractivity contribution in [1.29, 1.82) is 0 Å². The fourth-order valence-corrected chi connectivity index (χ4v) is 1.48. The molecule has 0 spiro atoms. The second kappa shape index (κ2) is 4.66. The van der Waals surface area contributed by atoms with E-state index in [4.69, 9.17) is 0 Å². The average molecular weight is 221 g/mol. The van der Waals surface area contributed by atoms with Crippen LogP contribution in [0.25, 0.3) is 0 Å². The van der Waals surface area contributed by atoms with Crippen molar-refractivity contribution in [2.24, 2.45) is 0 Å². The van der Waals surface area contributed by atoms with E-state index in [9.17, 15) is 9.90 Å². The number of aliphatic hydroxyl groups excluding tert-OH is 1. The SMILES string of the molecule is CC(O)c1ccccc1C(=O)NC(C)(C)C. The third-order valence-corrected chi connectivity index (χ3v) is 2.14. The van der Waals surface area contributed by atoms with E-state index in [1.165, 1.54) is 0 Å².